The number of ether oxygens (including phenoxy) is 1. The molecule has 5 heteroatoms. The van der Waals surface area contributed by atoms with Gasteiger partial charge < -0.3 is 9.64 Å². The van der Waals surface area contributed by atoms with E-state index in [-0.39, 0.29) is 11.9 Å². The smallest absolute Gasteiger partial charge is 0.307 e. The van der Waals surface area contributed by atoms with Crippen molar-refractivity contribution in [2.24, 2.45) is 0 Å². The second kappa shape index (κ2) is 8.15. The topological polar surface area (TPSA) is 49.9 Å². The lowest BCUT2D eigenvalue weighted by molar-refractivity contribution is -0.155. The minimum Gasteiger partial charge on any atom is -0.460 e. The van der Waals surface area contributed by atoms with Crippen LogP contribution in [0.5, 0.6) is 0 Å². The lowest BCUT2D eigenvalue weighted by Gasteiger charge is -2.24. The molecule has 0 aliphatic rings. The molecule has 0 heterocycles. The molecule has 0 saturated heterocycles. The monoisotopic (exact) mass is 272 g/mol. The van der Waals surface area contributed by atoms with Crippen molar-refractivity contribution in [1.29, 1.82) is 0 Å². The van der Waals surface area contributed by atoms with Crippen LogP contribution in [-0.4, -0.2) is 61.0 Å². The van der Waals surface area contributed by atoms with Gasteiger partial charge in [-0.1, -0.05) is 6.92 Å². The first-order valence-corrected chi connectivity index (χ1v) is 6.80. The second-order valence-electron chi connectivity index (χ2n) is 5.90. The highest BCUT2D eigenvalue weighted by Crippen LogP contribution is 2.08. The maximum Gasteiger partial charge on any atom is 0.307 e. The first-order valence-electron chi connectivity index (χ1n) is 6.80. The summed E-state index contributed by atoms with van der Waals surface area (Å²) in [6, 6.07) is 0. The average molecular weight is 272 g/mol. The number of carbonyl (C=O) groups excluding carboxylic acids is 2. The van der Waals surface area contributed by atoms with Crippen LogP contribution >= 0.6 is 0 Å². The summed E-state index contributed by atoms with van der Waals surface area (Å²) in [6.07, 6.45) is 1.27. The second-order valence-corrected chi connectivity index (χ2v) is 5.90. The Morgan fingerprint density at radius 3 is 2.11 bits per heavy atom. The molecule has 0 aromatic rings. The zero-order chi connectivity index (χ0) is 15.1. The number of nitrogens with zero attached hydrogens (tertiary/aromatic N) is 2. The van der Waals surface area contributed by atoms with Crippen LogP contribution < -0.4 is 0 Å². The van der Waals surface area contributed by atoms with Crippen molar-refractivity contribution in [3.63, 3.8) is 0 Å². The van der Waals surface area contributed by atoms with Crippen molar-refractivity contribution < 1.29 is 14.3 Å². The molecule has 0 rings (SSSR count). The number of hydrogen-bond donors (Lipinski definition) is 0. The van der Waals surface area contributed by atoms with Gasteiger partial charge in [-0.05, 0) is 33.7 Å². The fourth-order valence-electron chi connectivity index (χ4n) is 1.56. The highest BCUT2D eigenvalue weighted by Gasteiger charge is 2.18. The number of esters is 1. The molecule has 0 N–H and O–H groups in total. The summed E-state index contributed by atoms with van der Waals surface area (Å²) in [6.45, 7) is 9.33. The standard InChI is InChI=1S/C14H28N2O3/c1-7-9-16(11-12(17)15(5)6)10-8-13(18)19-14(2,3)4/h7-11H2,1-6H3. The van der Waals surface area contributed by atoms with Crippen LogP contribution in [-0.2, 0) is 14.3 Å². The summed E-state index contributed by atoms with van der Waals surface area (Å²) < 4.78 is 5.26. The molecule has 0 aromatic heterocycles. The summed E-state index contributed by atoms with van der Waals surface area (Å²) in [7, 11) is 3.47. The predicted octanol–water partition coefficient (Wildman–Crippen LogP) is 1.52. The minimum atomic E-state index is -0.452. The van der Waals surface area contributed by atoms with Crippen molar-refractivity contribution >= 4 is 11.9 Å². The van der Waals surface area contributed by atoms with Gasteiger partial charge in [0.1, 0.15) is 5.60 Å². The van der Waals surface area contributed by atoms with Crippen LogP contribution in [0.25, 0.3) is 0 Å². The SMILES string of the molecule is CCCN(CCC(=O)OC(C)(C)C)CC(=O)N(C)C. The van der Waals surface area contributed by atoms with E-state index >= 15 is 0 Å². The number of carbonyl (C=O) groups is 2. The van der Waals surface area contributed by atoms with Gasteiger partial charge in [-0.2, -0.15) is 0 Å². The molecule has 0 radical (unpaired) electrons. The number of rotatable bonds is 7. The molecule has 0 unspecified atom stereocenters. The van der Waals surface area contributed by atoms with Crippen LogP contribution in [0.1, 0.15) is 40.5 Å². The molecule has 5 nitrogen and oxygen atoms in total. The normalized spacial score (nSPS) is 11.5. The molecular weight excluding hydrogens is 244 g/mol. The zero-order valence-corrected chi connectivity index (χ0v) is 13.2. The van der Waals surface area contributed by atoms with Gasteiger partial charge >= 0.3 is 5.97 Å². The fourth-order valence-corrected chi connectivity index (χ4v) is 1.56. The van der Waals surface area contributed by atoms with Gasteiger partial charge in [0.15, 0.2) is 0 Å². The molecule has 0 spiro atoms. The van der Waals surface area contributed by atoms with E-state index in [0.717, 1.165) is 13.0 Å². The first kappa shape index (κ1) is 17.9. The molecular formula is C14H28N2O3. The maximum absolute atomic E-state index is 11.7. The van der Waals surface area contributed by atoms with E-state index < -0.39 is 5.60 Å². The van der Waals surface area contributed by atoms with E-state index in [1.807, 2.05) is 25.7 Å². The van der Waals surface area contributed by atoms with Crippen molar-refractivity contribution in [1.82, 2.24) is 9.80 Å². The van der Waals surface area contributed by atoms with Gasteiger partial charge in [-0.15, -0.1) is 0 Å². The molecule has 0 fully saturated rings. The van der Waals surface area contributed by atoms with Crippen LogP contribution in [0.3, 0.4) is 0 Å². The highest BCUT2D eigenvalue weighted by atomic mass is 16.6. The summed E-state index contributed by atoms with van der Waals surface area (Å²) >= 11 is 0. The molecule has 0 aliphatic carbocycles. The molecule has 0 saturated carbocycles. The summed E-state index contributed by atoms with van der Waals surface area (Å²) in [5.41, 5.74) is -0.452. The Bertz CT molecular complexity index is 296. The van der Waals surface area contributed by atoms with Gasteiger partial charge in [0.25, 0.3) is 0 Å². The van der Waals surface area contributed by atoms with Gasteiger partial charge in [0.2, 0.25) is 5.91 Å². The third kappa shape index (κ3) is 9.47. The fraction of sp³-hybridized carbons (Fsp3) is 0.857. The van der Waals surface area contributed by atoms with Crippen molar-refractivity contribution in [2.75, 3.05) is 33.7 Å². The Balaban J connectivity index is 4.21. The van der Waals surface area contributed by atoms with Gasteiger partial charge in [-0.3, -0.25) is 14.5 Å². The first-order chi connectivity index (χ1) is 8.65. The van der Waals surface area contributed by atoms with E-state index in [2.05, 4.69) is 6.92 Å². The van der Waals surface area contributed by atoms with Gasteiger partial charge in [0.05, 0.1) is 13.0 Å². The van der Waals surface area contributed by atoms with Crippen molar-refractivity contribution in [2.45, 2.75) is 46.1 Å². The molecule has 0 aromatic carbocycles. The lowest BCUT2D eigenvalue weighted by Crippen LogP contribution is -2.38. The highest BCUT2D eigenvalue weighted by molar-refractivity contribution is 5.77. The van der Waals surface area contributed by atoms with E-state index in [1.165, 1.54) is 0 Å². The number of hydrogen-bond acceptors (Lipinski definition) is 4. The lowest BCUT2D eigenvalue weighted by atomic mass is 10.2. The van der Waals surface area contributed by atoms with Crippen molar-refractivity contribution in [3.05, 3.63) is 0 Å². The largest absolute Gasteiger partial charge is 0.460 e. The van der Waals surface area contributed by atoms with Crippen molar-refractivity contribution in [3.8, 4) is 0 Å². The van der Waals surface area contributed by atoms with E-state index in [1.54, 1.807) is 19.0 Å². The van der Waals surface area contributed by atoms with Crippen LogP contribution in [0.15, 0.2) is 0 Å². The van der Waals surface area contributed by atoms with E-state index in [0.29, 0.717) is 19.5 Å². The molecule has 0 bridgehead atoms. The Labute approximate surface area is 116 Å². The number of likely N-dealkylation sites (N-methyl/N-ethyl adjacent to an activating group) is 1. The summed E-state index contributed by atoms with van der Waals surface area (Å²) in [4.78, 5) is 26.9. The summed E-state index contributed by atoms with van der Waals surface area (Å²) in [5.74, 6) is -0.163. The third-order valence-electron chi connectivity index (χ3n) is 2.45. The minimum absolute atomic E-state index is 0.0534. The Kier molecular flexibility index (Phi) is 7.68. The Morgan fingerprint density at radius 2 is 1.68 bits per heavy atom. The van der Waals surface area contributed by atoms with Crippen LogP contribution in [0.2, 0.25) is 0 Å². The molecule has 1 amide bonds. The Morgan fingerprint density at radius 1 is 1.11 bits per heavy atom. The van der Waals surface area contributed by atoms with Gasteiger partial charge in [0, 0.05) is 20.6 Å². The predicted molar refractivity (Wildman–Crippen MR) is 75.9 cm³/mol. The number of amides is 1. The zero-order valence-electron chi connectivity index (χ0n) is 13.2. The molecule has 0 atom stereocenters. The van der Waals surface area contributed by atoms with Gasteiger partial charge in [-0.25, -0.2) is 0 Å². The molecule has 112 valence electrons. The maximum atomic E-state index is 11.7. The summed E-state index contributed by atoms with van der Waals surface area (Å²) in [5, 5.41) is 0. The molecule has 0 aliphatic heterocycles. The van der Waals surface area contributed by atoms with Crippen LogP contribution in [0.4, 0.5) is 0 Å². The third-order valence-corrected chi connectivity index (χ3v) is 2.45. The van der Waals surface area contributed by atoms with Crippen LogP contribution in [0, 0.1) is 0 Å². The average Bonchev–Trinajstić information content (AvgIpc) is 2.23. The molecule has 19 heavy (non-hydrogen) atoms. The van der Waals surface area contributed by atoms with E-state index in [4.69, 9.17) is 4.74 Å². The van der Waals surface area contributed by atoms with E-state index in [9.17, 15) is 9.59 Å². The Hall–Kier alpha value is -1.10. The quantitative estimate of drug-likeness (QED) is 0.659.